The number of aryl methyl sites for hydroxylation is 2. The molecular weight excluding hydrogens is 270 g/mol. The maximum atomic E-state index is 12.2. The van der Waals surface area contributed by atoms with Crippen molar-refractivity contribution in [2.45, 2.75) is 32.6 Å². The van der Waals surface area contributed by atoms with Gasteiger partial charge in [0.1, 0.15) is 5.69 Å². The monoisotopic (exact) mass is 293 g/mol. The minimum atomic E-state index is -0.354. The lowest BCUT2D eigenvalue weighted by molar-refractivity contribution is -0.130. The van der Waals surface area contributed by atoms with Gasteiger partial charge < -0.3 is 16.0 Å². The van der Waals surface area contributed by atoms with E-state index >= 15 is 0 Å². The summed E-state index contributed by atoms with van der Waals surface area (Å²) in [6, 6.07) is 0. The Kier molecular flexibility index (Phi) is 4.82. The van der Waals surface area contributed by atoms with E-state index in [2.05, 4.69) is 10.4 Å². The quantitative estimate of drug-likeness (QED) is 0.835. The first-order valence-electron chi connectivity index (χ1n) is 7.42. The summed E-state index contributed by atoms with van der Waals surface area (Å²) in [6.07, 6.45) is 3.91. The molecular formula is C14H23N5O2. The number of likely N-dealkylation sites (tertiary alicyclic amines) is 1. The topological polar surface area (TPSA) is 93.2 Å². The molecule has 7 heteroatoms. The number of nitrogens with two attached hydrogens (primary N) is 1. The van der Waals surface area contributed by atoms with E-state index in [1.807, 2.05) is 6.92 Å². The van der Waals surface area contributed by atoms with Crippen molar-refractivity contribution in [3.8, 4) is 0 Å². The van der Waals surface area contributed by atoms with E-state index in [1.165, 1.54) is 11.1 Å². The zero-order valence-electron chi connectivity index (χ0n) is 12.7. The summed E-state index contributed by atoms with van der Waals surface area (Å²) in [4.78, 5) is 26.0. The largest absolute Gasteiger partial charge is 0.395 e. The number of piperidine rings is 1. The SMILES string of the molecule is CCc1nn(C)c(C(=O)NCC(=O)N2CCCCC2)c1N. The number of nitrogen functional groups attached to an aromatic ring is 1. The van der Waals surface area contributed by atoms with Crippen molar-refractivity contribution in [1.29, 1.82) is 0 Å². The average molecular weight is 293 g/mol. The van der Waals surface area contributed by atoms with Crippen LogP contribution in [0.4, 0.5) is 5.69 Å². The zero-order chi connectivity index (χ0) is 15.4. The first kappa shape index (κ1) is 15.3. The molecule has 1 saturated heterocycles. The molecule has 116 valence electrons. The number of anilines is 1. The molecule has 0 saturated carbocycles. The van der Waals surface area contributed by atoms with Crippen LogP contribution in [0.5, 0.6) is 0 Å². The second kappa shape index (κ2) is 6.60. The lowest BCUT2D eigenvalue weighted by Crippen LogP contribution is -2.42. The first-order chi connectivity index (χ1) is 10.0. The Morgan fingerprint density at radius 3 is 2.52 bits per heavy atom. The number of carbonyl (C=O) groups is 2. The molecule has 0 radical (unpaired) electrons. The van der Waals surface area contributed by atoms with Crippen LogP contribution in [0, 0.1) is 0 Å². The molecule has 3 N–H and O–H groups in total. The Balaban J connectivity index is 1.95. The molecule has 1 aromatic rings. The summed E-state index contributed by atoms with van der Waals surface area (Å²) in [6.45, 7) is 3.50. The molecule has 2 rings (SSSR count). The fourth-order valence-corrected chi connectivity index (χ4v) is 2.62. The molecule has 2 amide bonds. The van der Waals surface area contributed by atoms with Gasteiger partial charge in [-0.05, 0) is 25.7 Å². The van der Waals surface area contributed by atoms with Crippen LogP contribution in [0.1, 0.15) is 42.4 Å². The van der Waals surface area contributed by atoms with Gasteiger partial charge in [-0.2, -0.15) is 5.10 Å². The average Bonchev–Trinajstić information content (AvgIpc) is 2.79. The number of rotatable bonds is 4. The molecule has 0 atom stereocenters. The van der Waals surface area contributed by atoms with Gasteiger partial charge >= 0.3 is 0 Å². The zero-order valence-corrected chi connectivity index (χ0v) is 12.7. The molecule has 1 aromatic heterocycles. The molecule has 0 unspecified atom stereocenters. The molecule has 0 spiro atoms. The smallest absolute Gasteiger partial charge is 0.272 e. The van der Waals surface area contributed by atoms with E-state index in [-0.39, 0.29) is 18.4 Å². The second-order valence-electron chi connectivity index (χ2n) is 5.31. The van der Waals surface area contributed by atoms with Crippen molar-refractivity contribution in [3.05, 3.63) is 11.4 Å². The molecule has 1 aliphatic heterocycles. The van der Waals surface area contributed by atoms with Crippen molar-refractivity contribution >= 4 is 17.5 Å². The number of hydrogen-bond acceptors (Lipinski definition) is 4. The van der Waals surface area contributed by atoms with Gasteiger partial charge in [-0.15, -0.1) is 0 Å². The summed E-state index contributed by atoms with van der Waals surface area (Å²) < 4.78 is 1.47. The van der Waals surface area contributed by atoms with Crippen LogP contribution in [0.25, 0.3) is 0 Å². The normalized spacial score (nSPS) is 15.0. The molecule has 0 bridgehead atoms. The van der Waals surface area contributed by atoms with Gasteiger partial charge in [0.15, 0.2) is 0 Å². The maximum absolute atomic E-state index is 12.2. The Labute approximate surface area is 124 Å². The number of carbonyl (C=O) groups excluding carboxylic acids is 2. The van der Waals surface area contributed by atoms with Crippen LogP contribution < -0.4 is 11.1 Å². The minimum Gasteiger partial charge on any atom is -0.395 e. The highest BCUT2D eigenvalue weighted by Crippen LogP contribution is 2.16. The van der Waals surface area contributed by atoms with Crippen molar-refractivity contribution in [3.63, 3.8) is 0 Å². The molecule has 0 aliphatic carbocycles. The summed E-state index contributed by atoms with van der Waals surface area (Å²) in [5, 5.41) is 6.85. The predicted octanol–water partition coefficient (Wildman–Crippen LogP) is 0.307. The number of aromatic nitrogens is 2. The first-order valence-corrected chi connectivity index (χ1v) is 7.42. The molecule has 1 fully saturated rings. The van der Waals surface area contributed by atoms with Gasteiger partial charge in [-0.25, -0.2) is 0 Å². The van der Waals surface area contributed by atoms with E-state index in [0.717, 1.165) is 25.9 Å². The van der Waals surface area contributed by atoms with Crippen LogP contribution in [-0.2, 0) is 18.3 Å². The summed E-state index contributed by atoms with van der Waals surface area (Å²) >= 11 is 0. The lowest BCUT2D eigenvalue weighted by Gasteiger charge is -2.26. The van der Waals surface area contributed by atoms with E-state index in [9.17, 15) is 9.59 Å². The predicted molar refractivity (Wildman–Crippen MR) is 79.8 cm³/mol. The Bertz CT molecular complexity index is 532. The van der Waals surface area contributed by atoms with Crippen molar-refractivity contribution in [1.82, 2.24) is 20.0 Å². The summed E-state index contributed by atoms with van der Waals surface area (Å²) in [5.41, 5.74) is 7.33. The van der Waals surface area contributed by atoms with Gasteiger partial charge in [0.2, 0.25) is 5.91 Å². The number of nitrogens with zero attached hydrogens (tertiary/aromatic N) is 3. The Hall–Kier alpha value is -2.05. The van der Waals surface area contributed by atoms with Crippen LogP contribution >= 0.6 is 0 Å². The molecule has 0 aromatic carbocycles. The highest BCUT2D eigenvalue weighted by Gasteiger charge is 2.21. The van der Waals surface area contributed by atoms with Gasteiger partial charge in [-0.3, -0.25) is 14.3 Å². The van der Waals surface area contributed by atoms with Crippen molar-refractivity contribution in [2.75, 3.05) is 25.4 Å². The molecule has 21 heavy (non-hydrogen) atoms. The highest BCUT2D eigenvalue weighted by atomic mass is 16.2. The van der Waals surface area contributed by atoms with Gasteiger partial charge in [0, 0.05) is 20.1 Å². The molecule has 2 heterocycles. The lowest BCUT2D eigenvalue weighted by atomic mass is 10.1. The van der Waals surface area contributed by atoms with E-state index in [0.29, 0.717) is 23.5 Å². The highest BCUT2D eigenvalue weighted by molar-refractivity contribution is 5.99. The van der Waals surface area contributed by atoms with Crippen molar-refractivity contribution < 1.29 is 9.59 Å². The van der Waals surface area contributed by atoms with Gasteiger partial charge in [0.25, 0.3) is 5.91 Å². The van der Waals surface area contributed by atoms with Gasteiger partial charge in [0.05, 0.1) is 17.9 Å². The Morgan fingerprint density at radius 1 is 1.29 bits per heavy atom. The van der Waals surface area contributed by atoms with Crippen LogP contribution in [0.2, 0.25) is 0 Å². The van der Waals surface area contributed by atoms with E-state index in [1.54, 1.807) is 11.9 Å². The van der Waals surface area contributed by atoms with Crippen LogP contribution in [-0.4, -0.2) is 46.1 Å². The standard InChI is InChI=1S/C14H23N5O2/c1-3-10-12(15)13(18(2)17-10)14(21)16-9-11(20)19-7-5-4-6-8-19/h3-9,15H2,1-2H3,(H,16,21). The third-order valence-corrected chi connectivity index (χ3v) is 3.82. The number of hydrogen-bond donors (Lipinski definition) is 2. The third-order valence-electron chi connectivity index (χ3n) is 3.82. The summed E-state index contributed by atoms with van der Waals surface area (Å²) in [7, 11) is 1.68. The van der Waals surface area contributed by atoms with Crippen LogP contribution in [0.15, 0.2) is 0 Å². The van der Waals surface area contributed by atoms with Gasteiger partial charge in [-0.1, -0.05) is 6.92 Å². The van der Waals surface area contributed by atoms with E-state index < -0.39 is 0 Å². The Morgan fingerprint density at radius 2 is 1.95 bits per heavy atom. The molecule has 7 nitrogen and oxygen atoms in total. The van der Waals surface area contributed by atoms with Crippen LogP contribution in [0.3, 0.4) is 0 Å². The van der Waals surface area contributed by atoms with Crippen molar-refractivity contribution in [2.24, 2.45) is 7.05 Å². The fourth-order valence-electron chi connectivity index (χ4n) is 2.62. The summed E-state index contributed by atoms with van der Waals surface area (Å²) in [5.74, 6) is -0.396. The maximum Gasteiger partial charge on any atom is 0.272 e. The number of nitrogens with one attached hydrogen (secondary N) is 1. The van der Waals surface area contributed by atoms with E-state index in [4.69, 9.17) is 5.73 Å². The third kappa shape index (κ3) is 3.34. The second-order valence-corrected chi connectivity index (χ2v) is 5.31. The number of amides is 2. The molecule has 1 aliphatic rings. The fraction of sp³-hybridized carbons (Fsp3) is 0.643. The minimum absolute atomic E-state index is 0.00487.